The van der Waals surface area contributed by atoms with Crippen molar-refractivity contribution < 1.29 is 9.90 Å². The second kappa shape index (κ2) is 6.21. The van der Waals surface area contributed by atoms with Crippen molar-refractivity contribution in [3.8, 4) is 0 Å². The number of aliphatic hydroxyl groups excluding tert-OH is 1. The van der Waals surface area contributed by atoms with Crippen molar-refractivity contribution >= 4 is 5.91 Å². The number of hydrogen-bond acceptors (Lipinski definition) is 3. The van der Waals surface area contributed by atoms with Crippen LogP contribution in [0.2, 0.25) is 0 Å². The first-order valence-corrected chi connectivity index (χ1v) is 6.20. The summed E-state index contributed by atoms with van der Waals surface area (Å²) in [6.45, 7) is 7.15. The number of nitrogens with zero attached hydrogens (tertiary/aromatic N) is 1. The Balaban J connectivity index is 2.21. The fourth-order valence-electron chi connectivity index (χ4n) is 1.84. The molecule has 2 N–H and O–H groups in total. The van der Waals surface area contributed by atoms with E-state index in [1.165, 1.54) is 0 Å². The highest BCUT2D eigenvalue weighted by atomic mass is 16.3. The van der Waals surface area contributed by atoms with E-state index in [0.717, 1.165) is 32.4 Å². The first-order chi connectivity index (χ1) is 7.61. The van der Waals surface area contributed by atoms with Crippen molar-refractivity contribution in [3.63, 3.8) is 0 Å². The zero-order chi connectivity index (χ0) is 12.0. The van der Waals surface area contributed by atoms with Crippen molar-refractivity contribution in [2.45, 2.75) is 33.1 Å². The van der Waals surface area contributed by atoms with Gasteiger partial charge in [0.1, 0.15) is 0 Å². The number of amides is 1. The molecule has 16 heavy (non-hydrogen) atoms. The molecule has 1 aliphatic heterocycles. The Morgan fingerprint density at radius 1 is 1.44 bits per heavy atom. The minimum Gasteiger partial charge on any atom is -0.396 e. The van der Waals surface area contributed by atoms with Gasteiger partial charge in [-0.3, -0.25) is 4.79 Å². The molecule has 94 valence electrons. The summed E-state index contributed by atoms with van der Waals surface area (Å²) in [5.74, 6) is 0.189. The predicted molar refractivity (Wildman–Crippen MR) is 64.2 cm³/mol. The van der Waals surface area contributed by atoms with Gasteiger partial charge in [0.25, 0.3) is 0 Å². The van der Waals surface area contributed by atoms with Gasteiger partial charge in [-0.25, -0.2) is 0 Å². The average Bonchev–Trinajstić information content (AvgIpc) is 2.82. The van der Waals surface area contributed by atoms with E-state index in [1.54, 1.807) is 0 Å². The van der Waals surface area contributed by atoms with Crippen LogP contribution in [-0.4, -0.2) is 48.7 Å². The van der Waals surface area contributed by atoms with Gasteiger partial charge in [-0.2, -0.15) is 0 Å². The summed E-state index contributed by atoms with van der Waals surface area (Å²) < 4.78 is 0. The summed E-state index contributed by atoms with van der Waals surface area (Å²) in [6.07, 6.45) is 3.18. The van der Waals surface area contributed by atoms with Gasteiger partial charge in [0.2, 0.25) is 5.91 Å². The van der Waals surface area contributed by atoms with Crippen LogP contribution < -0.4 is 5.32 Å². The number of likely N-dealkylation sites (tertiary alicyclic amines) is 1. The molecule has 1 unspecified atom stereocenters. The van der Waals surface area contributed by atoms with Crippen molar-refractivity contribution in [1.82, 2.24) is 10.2 Å². The maximum Gasteiger partial charge on any atom is 0.236 e. The first-order valence-electron chi connectivity index (χ1n) is 6.20. The van der Waals surface area contributed by atoms with E-state index in [1.807, 2.05) is 11.8 Å². The molecule has 1 aliphatic rings. The van der Waals surface area contributed by atoms with Crippen LogP contribution in [0.1, 0.15) is 33.1 Å². The molecule has 1 saturated heterocycles. The highest BCUT2D eigenvalue weighted by Crippen LogP contribution is 2.18. The van der Waals surface area contributed by atoms with E-state index in [2.05, 4.69) is 12.2 Å². The largest absolute Gasteiger partial charge is 0.396 e. The summed E-state index contributed by atoms with van der Waals surface area (Å²) >= 11 is 0. The third-order valence-electron chi connectivity index (χ3n) is 3.52. The molecule has 1 atom stereocenters. The van der Waals surface area contributed by atoms with Crippen LogP contribution in [0.5, 0.6) is 0 Å². The fraction of sp³-hybridized carbons (Fsp3) is 0.917. The van der Waals surface area contributed by atoms with Gasteiger partial charge in [-0.05, 0) is 19.3 Å². The highest BCUT2D eigenvalue weighted by molar-refractivity contribution is 5.78. The van der Waals surface area contributed by atoms with Gasteiger partial charge in [0, 0.05) is 31.7 Å². The van der Waals surface area contributed by atoms with Crippen LogP contribution in [0, 0.1) is 5.41 Å². The Morgan fingerprint density at radius 2 is 2.06 bits per heavy atom. The lowest BCUT2D eigenvalue weighted by Gasteiger charge is -2.26. The van der Waals surface area contributed by atoms with Gasteiger partial charge in [-0.1, -0.05) is 13.8 Å². The minimum atomic E-state index is -0.106. The van der Waals surface area contributed by atoms with Crippen molar-refractivity contribution in [1.29, 1.82) is 0 Å². The van der Waals surface area contributed by atoms with E-state index in [4.69, 9.17) is 0 Å². The molecule has 0 aromatic heterocycles. The quantitative estimate of drug-likeness (QED) is 0.700. The molecule has 0 aliphatic carbocycles. The monoisotopic (exact) mass is 228 g/mol. The third-order valence-corrected chi connectivity index (χ3v) is 3.52. The van der Waals surface area contributed by atoms with Gasteiger partial charge in [-0.15, -0.1) is 0 Å². The lowest BCUT2D eigenvalue weighted by atomic mass is 9.89. The van der Waals surface area contributed by atoms with Gasteiger partial charge in [0.15, 0.2) is 0 Å². The van der Waals surface area contributed by atoms with Crippen LogP contribution in [0.25, 0.3) is 0 Å². The molecule has 4 nitrogen and oxygen atoms in total. The normalized spacial score (nSPS) is 19.8. The lowest BCUT2D eigenvalue weighted by Crippen LogP contribution is -2.41. The second-order valence-electron chi connectivity index (χ2n) is 5.01. The molecular weight excluding hydrogens is 204 g/mol. The first kappa shape index (κ1) is 13.5. The molecule has 0 radical (unpaired) electrons. The van der Waals surface area contributed by atoms with E-state index < -0.39 is 0 Å². The summed E-state index contributed by atoms with van der Waals surface area (Å²) in [4.78, 5) is 13.6. The lowest BCUT2D eigenvalue weighted by molar-refractivity contribution is -0.129. The molecule has 0 saturated carbocycles. The van der Waals surface area contributed by atoms with Crippen LogP contribution in [0.3, 0.4) is 0 Å². The highest BCUT2D eigenvalue weighted by Gasteiger charge is 2.22. The number of carbonyl (C=O) groups excluding carboxylic acids is 1. The molecule has 0 aromatic rings. The van der Waals surface area contributed by atoms with Crippen LogP contribution >= 0.6 is 0 Å². The summed E-state index contributed by atoms with van der Waals surface area (Å²) in [5, 5.41) is 12.4. The van der Waals surface area contributed by atoms with E-state index in [0.29, 0.717) is 13.1 Å². The maximum atomic E-state index is 11.7. The van der Waals surface area contributed by atoms with Gasteiger partial charge in [0.05, 0.1) is 6.54 Å². The number of hydrogen-bond donors (Lipinski definition) is 2. The Labute approximate surface area is 98.0 Å². The zero-order valence-corrected chi connectivity index (χ0v) is 10.5. The summed E-state index contributed by atoms with van der Waals surface area (Å²) in [6, 6.07) is 0. The molecule has 1 rings (SSSR count). The molecule has 0 bridgehead atoms. The van der Waals surface area contributed by atoms with Crippen LogP contribution in [0.4, 0.5) is 0 Å². The number of nitrogens with one attached hydrogen (secondary N) is 1. The predicted octanol–water partition coefficient (Wildman–Crippen LogP) is 0.607. The Hall–Kier alpha value is -0.610. The number of carbonyl (C=O) groups is 1. The Morgan fingerprint density at radius 3 is 2.56 bits per heavy atom. The van der Waals surface area contributed by atoms with Gasteiger partial charge < -0.3 is 15.3 Å². The standard InChI is InChI=1S/C12H24N2O2/c1-3-12(2,10-15)9-13-8-11(16)14-6-4-5-7-14/h13,15H,3-10H2,1-2H3. The molecule has 1 fully saturated rings. The van der Waals surface area contributed by atoms with Crippen molar-refractivity contribution in [3.05, 3.63) is 0 Å². The average molecular weight is 228 g/mol. The summed E-state index contributed by atoms with van der Waals surface area (Å²) in [5.41, 5.74) is -0.106. The van der Waals surface area contributed by atoms with Crippen LogP contribution in [-0.2, 0) is 4.79 Å². The fourth-order valence-corrected chi connectivity index (χ4v) is 1.84. The zero-order valence-electron chi connectivity index (χ0n) is 10.5. The number of rotatable bonds is 6. The van der Waals surface area contributed by atoms with Crippen molar-refractivity contribution in [2.24, 2.45) is 5.41 Å². The maximum absolute atomic E-state index is 11.7. The third kappa shape index (κ3) is 3.76. The van der Waals surface area contributed by atoms with E-state index >= 15 is 0 Å². The molecule has 4 heteroatoms. The Bertz CT molecular complexity index is 221. The molecule has 0 aromatic carbocycles. The van der Waals surface area contributed by atoms with Crippen molar-refractivity contribution in [2.75, 3.05) is 32.8 Å². The smallest absolute Gasteiger partial charge is 0.236 e. The summed E-state index contributed by atoms with van der Waals surface area (Å²) in [7, 11) is 0. The van der Waals surface area contributed by atoms with E-state index in [9.17, 15) is 9.90 Å². The SMILES string of the molecule is CCC(C)(CO)CNCC(=O)N1CCCC1. The molecule has 1 heterocycles. The molecule has 0 spiro atoms. The topological polar surface area (TPSA) is 52.6 Å². The minimum absolute atomic E-state index is 0.106. The van der Waals surface area contributed by atoms with Crippen LogP contribution in [0.15, 0.2) is 0 Å². The molecule has 1 amide bonds. The van der Waals surface area contributed by atoms with Gasteiger partial charge >= 0.3 is 0 Å². The van der Waals surface area contributed by atoms with E-state index in [-0.39, 0.29) is 17.9 Å². The molecular formula is C12H24N2O2. The number of aliphatic hydroxyl groups is 1. The Kier molecular flexibility index (Phi) is 5.22. The second-order valence-corrected chi connectivity index (χ2v) is 5.01.